The van der Waals surface area contributed by atoms with Gasteiger partial charge >= 0.3 is 0 Å². The fraction of sp³-hybridized carbons (Fsp3) is 0.538. The molecule has 1 atom stereocenters. The van der Waals surface area contributed by atoms with Crippen LogP contribution in [0.1, 0.15) is 19.3 Å². The summed E-state index contributed by atoms with van der Waals surface area (Å²) in [5.41, 5.74) is 0. The van der Waals surface area contributed by atoms with E-state index in [4.69, 9.17) is 4.74 Å². The molecule has 0 spiro atoms. The summed E-state index contributed by atoms with van der Waals surface area (Å²) in [6.07, 6.45) is 3.99. The maximum atomic E-state index is 5.16. The van der Waals surface area contributed by atoms with Gasteiger partial charge in [0.1, 0.15) is 5.75 Å². The fourth-order valence-corrected chi connectivity index (χ4v) is 3.10. The molecule has 1 aromatic rings. The third kappa shape index (κ3) is 3.42. The first-order valence-electron chi connectivity index (χ1n) is 5.90. The zero-order valence-electron chi connectivity index (χ0n) is 9.74. The molecule has 2 rings (SSSR count). The smallest absolute Gasteiger partial charge is 0.118 e. The molecular formula is C13H19NOS. The standard InChI is InChI=1S/C13H19NOS/c1-15-11-5-7-12(8-6-11)16-13-4-2-3-9-14-10-13/h5-8,13-14H,2-4,9-10H2,1H3. The quantitative estimate of drug-likeness (QED) is 0.873. The Labute approximate surface area is 102 Å². The molecule has 0 amide bonds. The first-order valence-corrected chi connectivity index (χ1v) is 6.78. The largest absolute Gasteiger partial charge is 0.497 e. The monoisotopic (exact) mass is 237 g/mol. The van der Waals surface area contributed by atoms with E-state index in [0.717, 1.165) is 17.5 Å². The topological polar surface area (TPSA) is 21.3 Å². The van der Waals surface area contributed by atoms with Gasteiger partial charge in [-0.3, -0.25) is 0 Å². The molecule has 88 valence electrons. The molecule has 1 aliphatic heterocycles. The molecule has 3 heteroatoms. The Morgan fingerprint density at radius 1 is 1.25 bits per heavy atom. The minimum absolute atomic E-state index is 0.718. The molecule has 1 aliphatic rings. The van der Waals surface area contributed by atoms with Crippen LogP contribution in [0.15, 0.2) is 29.2 Å². The van der Waals surface area contributed by atoms with Crippen LogP contribution in [0.2, 0.25) is 0 Å². The molecule has 0 radical (unpaired) electrons. The van der Waals surface area contributed by atoms with Gasteiger partial charge in [0.05, 0.1) is 7.11 Å². The minimum Gasteiger partial charge on any atom is -0.497 e. The van der Waals surface area contributed by atoms with Crippen LogP contribution < -0.4 is 10.1 Å². The highest BCUT2D eigenvalue weighted by Gasteiger charge is 2.12. The SMILES string of the molecule is COc1ccc(SC2CCCCNC2)cc1. The molecule has 0 aromatic heterocycles. The summed E-state index contributed by atoms with van der Waals surface area (Å²) < 4.78 is 5.16. The Hall–Kier alpha value is -0.670. The normalized spacial score (nSPS) is 21.4. The predicted molar refractivity (Wildman–Crippen MR) is 69.4 cm³/mol. The molecule has 0 saturated carbocycles. The summed E-state index contributed by atoms with van der Waals surface area (Å²) in [5, 5.41) is 4.21. The van der Waals surface area contributed by atoms with Crippen LogP contribution in [0.3, 0.4) is 0 Å². The zero-order valence-corrected chi connectivity index (χ0v) is 10.6. The summed E-state index contributed by atoms with van der Waals surface area (Å²) in [6, 6.07) is 8.36. The average Bonchev–Trinajstić information content (AvgIpc) is 2.59. The summed E-state index contributed by atoms with van der Waals surface area (Å²) >= 11 is 1.98. The van der Waals surface area contributed by atoms with Crippen LogP contribution in [-0.2, 0) is 0 Å². The van der Waals surface area contributed by atoms with Crippen LogP contribution in [0.25, 0.3) is 0 Å². The van der Waals surface area contributed by atoms with Gasteiger partial charge in [-0.05, 0) is 43.7 Å². The van der Waals surface area contributed by atoms with E-state index in [1.807, 2.05) is 23.9 Å². The van der Waals surface area contributed by atoms with E-state index in [9.17, 15) is 0 Å². The van der Waals surface area contributed by atoms with Crippen molar-refractivity contribution in [3.8, 4) is 5.75 Å². The molecular weight excluding hydrogens is 218 g/mol. The van der Waals surface area contributed by atoms with Gasteiger partial charge in [0.25, 0.3) is 0 Å². The summed E-state index contributed by atoms with van der Waals surface area (Å²) in [6.45, 7) is 2.32. The molecule has 1 unspecified atom stereocenters. The summed E-state index contributed by atoms with van der Waals surface area (Å²) in [5.74, 6) is 0.934. The Balaban J connectivity index is 1.91. The highest BCUT2D eigenvalue weighted by molar-refractivity contribution is 8.00. The van der Waals surface area contributed by atoms with Crippen LogP contribution in [0.4, 0.5) is 0 Å². The van der Waals surface area contributed by atoms with Gasteiger partial charge < -0.3 is 10.1 Å². The lowest BCUT2D eigenvalue weighted by Gasteiger charge is -2.13. The fourth-order valence-electron chi connectivity index (χ4n) is 1.93. The molecule has 2 nitrogen and oxygen atoms in total. The number of hydrogen-bond acceptors (Lipinski definition) is 3. The molecule has 0 bridgehead atoms. The van der Waals surface area contributed by atoms with Crippen molar-refractivity contribution >= 4 is 11.8 Å². The molecule has 0 aliphatic carbocycles. The maximum absolute atomic E-state index is 5.16. The van der Waals surface area contributed by atoms with Gasteiger partial charge in [-0.1, -0.05) is 6.42 Å². The van der Waals surface area contributed by atoms with Gasteiger partial charge in [-0.15, -0.1) is 11.8 Å². The van der Waals surface area contributed by atoms with Gasteiger partial charge in [-0.2, -0.15) is 0 Å². The molecule has 1 N–H and O–H groups in total. The van der Waals surface area contributed by atoms with Crippen molar-refractivity contribution in [1.29, 1.82) is 0 Å². The van der Waals surface area contributed by atoms with Crippen LogP contribution >= 0.6 is 11.8 Å². The molecule has 1 saturated heterocycles. The lowest BCUT2D eigenvalue weighted by atomic mass is 10.2. The van der Waals surface area contributed by atoms with E-state index >= 15 is 0 Å². The van der Waals surface area contributed by atoms with E-state index < -0.39 is 0 Å². The molecule has 1 aromatic carbocycles. The third-order valence-electron chi connectivity index (χ3n) is 2.86. The second-order valence-electron chi connectivity index (χ2n) is 4.12. The number of methoxy groups -OCH3 is 1. The van der Waals surface area contributed by atoms with E-state index in [-0.39, 0.29) is 0 Å². The lowest BCUT2D eigenvalue weighted by Crippen LogP contribution is -2.22. The van der Waals surface area contributed by atoms with Gasteiger partial charge in [0.2, 0.25) is 0 Å². The van der Waals surface area contributed by atoms with Gasteiger partial charge in [0.15, 0.2) is 0 Å². The number of hydrogen-bond donors (Lipinski definition) is 1. The van der Waals surface area contributed by atoms with E-state index in [1.54, 1.807) is 7.11 Å². The Kier molecular flexibility index (Phi) is 4.55. The lowest BCUT2D eigenvalue weighted by molar-refractivity contribution is 0.414. The number of benzene rings is 1. The van der Waals surface area contributed by atoms with Gasteiger partial charge in [-0.25, -0.2) is 0 Å². The maximum Gasteiger partial charge on any atom is 0.118 e. The summed E-state index contributed by atoms with van der Waals surface area (Å²) in [4.78, 5) is 1.34. The van der Waals surface area contributed by atoms with Crippen molar-refractivity contribution in [2.45, 2.75) is 29.4 Å². The Morgan fingerprint density at radius 2 is 2.06 bits per heavy atom. The van der Waals surface area contributed by atoms with Crippen molar-refractivity contribution in [2.24, 2.45) is 0 Å². The number of ether oxygens (including phenoxy) is 1. The minimum atomic E-state index is 0.718. The van der Waals surface area contributed by atoms with E-state index in [0.29, 0.717) is 0 Å². The first kappa shape index (κ1) is 11.8. The number of rotatable bonds is 3. The Bertz CT molecular complexity index is 304. The van der Waals surface area contributed by atoms with Crippen LogP contribution in [0, 0.1) is 0 Å². The molecule has 1 heterocycles. The van der Waals surface area contributed by atoms with Crippen molar-refractivity contribution in [2.75, 3.05) is 20.2 Å². The van der Waals surface area contributed by atoms with Crippen LogP contribution in [-0.4, -0.2) is 25.4 Å². The first-order chi connectivity index (χ1) is 7.88. The average molecular weight is 237 g/mol. The van der Waals surface area contributed by atoms with E-state index in [1.165, 1.54) is 30.7 Å². The number of thioether (sulfide) groups is 1. The predicted octanol–water partition coefficient (Wildman–Crippen LogP) is 2.93. The van der Waals surface area contributed by atoms with Crippen molar-refractivity contribution in [1.82, 2.24) is 5.32 Å². The second kappa shape index (κ2) is 6.16. The van der Waals surface area contributed by atoms with Gasteiger partial charge in [0, 0.05) is 16.7 Å². The number of nitrogens with one attached hydrogen (secondary N) is 1. The molecule has 1 fully saturated rings. The third-order valence-corrected chi connectivity index (χ3v) is 4.14. The highest BCUT2D eigenvalue weighted by Crippen LogP contribution is 2.28. The van der Waals surface area contributed by atoms with Crippen molar-refractivity contribution in [3.05, 3.63) is 24.3 Å². The van der Waals surface area contributed by atoms with Crippen molar-refractivity contribution in [3.63, 3.8) is 0 Å². The molecule has 16 heavy (non-hydrogen) atoms. The van der Waals surface area contributed by atoms with E-state index in [2.05, 4.69) is 17.4 Å². The zero-order chi connectivity index (χ0) is 11.2. The summed E-state index contributed by atoms with van der Waals surface area (Å²) in [7, 11) is 1.71. The second-order valence-corrected chi connectivity index (χ2v) is 5.49. The Morgan fingerprint density at radius 3 is 2.81 bits per heavy atom. The van der Waals surface area contributed by atoms with Crippen LogP contribution in [0.5, 0.6) is 5.75 Å². The highest BCUT2D eigenvalue weighted by atomic mass is 32.2. The van der Waals surface area contributed by atoms with Crippen molar-refractivity contribution < 1.29 is 4.74 Å².